The number of anilines is 1. The normalized spacial score (nSPS) is 13.8. The van der Waals surface area contributed by atoms with E-state index < -0.39 is 6.03 Å². The number of methoxy groups -OCH3 is 2. The molecule has 3 amide bonds. The molecule has 0 aliphatic heterocycles. The van der Waals surface area contributed by atoms with Crippen molar-refractivity contribution in [2.24, 2.45) is 0 Å². The highest BCUT2D eigenvalue weighted by molar-refractivity contribution is 8.00. The molecule has 0 saturated heterocycles. The van der Waals surface area contributed by atoms with Crippen LogP contribution >= 0.6 is 11.8 Å². The van der Waals surface area contributed by atoms with Gasteiger partial charge in [-0.3, -0.25) is 15.1 Å². The Morgan fingerprint density at radius 2 is 1.69 bits per heavy atom. The highest BCUT2D eigenvalue weighted by atomic mass is 32.2. The Hall–Kier alpha value is -3.46. The Balaban J connectivity index is 1.34. The molecule has 4 rings (SSSR count). The standard InChI is InChI=1S/C26H29N3O5S/c1-32-23-14-20-21(15-24(23)33-2)27-13-12-22(20)34-18-10-8-17(9-11-18)28-26(31)29-25(30)16-35-19-6-4-3-5-7-19/h8-15,19H,3-7,16H2,1-2H3,(H2,28,29,30,31). The fourth-order valence-corrected chi connectivity index (χ4v) is 5.15. The molecule has 3 aromatic rings. The molecule has 35 heavy (non-hydrogen) atoms. The number of fused-ring (bicyclic) bond motifs is 1. The average molecular weight is 496 g/mol. The summed E-state index contributed by atoms with van der Waals surface area (Å²) in [7, 11) is 3.15. The molecule has 2 N–H and O–H groups in total. The summed E-state index contributed by atoms with van der Waals surface area (Å²) in [6.45, 7) is 0. The van der Waals surface area contributed by atoms with Crippen LogP contribution in [0.15, 0.2) is 48.7 Å². The molecule has 0 radical (unpaired) electrons. The van der Waals surface area contributed by atoms with Crippen molar-refractivity contribution >= 4 is 40.3 Å². The maximum atomic E-state index is 12.2. The van der Waals surface area contributed by atoms with Gasteiger partial charge in [-0.2, -0.15) is 0 Å². The van der Waals surface area contributed by atoms with Crippen LogP contribution < -0.4 is 24.8 Å². The molecule has 0 atom stereocenters. The van der Waals surface area contributed by atoms with Crippen molar-refractivity contribution in [3.05, 3.63) is 48.7 Å². The van der Waals surface area contributed by atoms with Gasteiger partial charge in [0.25, 0.3) is 0 Å². The van der Waals surface area contributed by atoms with E-state index in [-0.39, 0.29) is 5.91 Å². The second-order valence-electron chi connectivity index (χ2n) is 8.23. The minimum atomic E-state index is -0.547. The predicted octanol–water partition coefficient (Wildman–Crippen LogP) is 5.76. The molecule has 1 fully saturated rings. The molecule has 0 bridgehead atoms. The number of nitrogens with one attached hydrogen (secondary N) is 2. The molecule has 2 aromatic carbocycles. The average Bonchev–Trinajstić information content (AvgIpc) is 2.88. The molecule has 1 heterocycles. The SMILES string of the molecule is COc1cc2nccc(Oc3ccc(NC(=O)NC(=O)CSC4CCCCC4)cc3)c2cc1OC. The minimum absolute atomic E-state index is 0.283. The lowest BCUT2D eigenvalue weighted by atomic mass is 10.0. The zero-order chi connectivity index (χ0) is 24.6. The second kappa shape index (κ2) is 11.8. The van der Waals surface area contributed by atoms with Gasteiger partial charge in [-0.25, -0.2) is 4.79 Å². The molecule has 1 saturated carbocycles. The first-order chi connectivity index (χ1) is 17.1. The van der Waals surface area contributed by atoms with Crippen LogP contribution in [-0.4, -0.2) is 42.1 Å². The third kappa shape index (κ3) is 6.57. The van der Waals surface area contributed by atoms with Crippen LogP contribution in [-0.2, 0) is 4.79 Å². The molecule has 9 heteroatoms. The number of amides is 3. The molecule has 0 unspecified atom stereocenters. The first-order valence-electron chi connectivity index (χ1n) is 11.6. The van der Waals surface area contributed by atoms with Crippen LogP contribution in [0.2, 0.25) is 0 Å². The first kappa shape index (κ1) is 24.7. The smallest absolute Gasteiger partial charge is 0.325 e. The third-order valence-corrected chi connectivity index (χ3v) is 7.17. The number of carbonyl (C=O) groups is 2. The summed E-state index contributed by atoms with van der Waals surface area (Å²) in [6, 6.07) is 11.7. The topological polar surface area (TPSA) is 98.8 Å². The van der Waals surface area contributed by atoms with Crippen molar-refractivity contribution in [3.63, 3.8) is 0 Å². The molecule has 1 aliphatic carbocycles. The zero-order valence-electron chi connectivity index (χ0n) is 19.8. The van der Waals surface area contributed by atoms with Gasteiger partial charge in [-0.1, -0.05) is 19.3 Å². The number of carbonyl (C=O) groups excluding carboxylic acids is 2. The van der Waals surface area contributed by atoms with E-state index in [0.717, 1.165) is 18.2 Å². The Bertz CT molecular complexity index is 1180. The highest BCUT2D eigenvalue weighted by Crippen LogP contribution is 2.37. The van der Waals surface area contributed by atoms with Gasteiger partial charge < -0.3 is 19.5 Å². The Kier molecular flexibility index (Phi) is 8.31. The van der Waals surface area contributed by atoms with E-state index in [0.29, 0.717) is 45.2 Å². The van der Waals surface area contributed by atoms with Crippen LogP contribution in [0.25, 0.3) is 10.9 Å². The monoisotopic (exact) mass is 495 g/mol. The quantitative estimate of drug-likeness (QED) is 0.410. The van der Waals surface area contributed by atoms with Gasteiger partial charge in [-0.05, 0) is 49.2 Å². The van der Waals surface area contributed by atoms with E-state index in [4.69, 9.17) is 14.2 Å². The summed E-state index contributed by atoms with van der Waals surface area (Å²) in [5, 5.41) is 6.37. The van der Waals surface area contributed by atoms with E-state index in [1.807, 2.05) is 6.07 Å². The van der Waals surface area contributed by atoms with E-state index in [9.17, 15) is 9.59 Å². The van der Waals surface area contributed by atoms with Gasteiger partial charge in [0.1, 0.15) is 11.5 Å². The Labute approximate surface area is 208 Å². The van der Waals surface area contributed by atoms with Crippen LogP contribution in [0.5, 0.6) is 23.0 Å². The molecule has 0 spiro atoms. The number of hydrogen-bond donors (Lipinski definition) is 2. The van der Waals surface area contributed by atoms with E-state index in [2.05, 4.69) is 15.6 Å². The van der Waals surface area contributed by atoms with Gasteiger partial charge in [0.15, 0.2) is 11.5 Å². The largest absolute Gasteiger partial charge is 0.493 e. The summed E-state index contributed by atoms with van der Waals surface area (Å²) >= 11 is 1.63. The Morgan fingerprint density at radius 1 is 0.971 bits per heavy atom. The number of pyridine rings is 1. The summed E-state index contributed by atoms with van der Waals surface area (Å²) in [6.07, 6.45) is 7.68. The van der Waals surface area contributed by atoms with Gasteiger partial charge in [0.2, 0.25) is 5.91 Å². The number of benzene rings is 2. The number of ether oxygens (including phenoxy) is 3. The van der Waals surface area contributed by atoms with Crippen LogP contribution in [0.3, 0.4) is 0 Å². The van der Waals surface area contributed by atoms with Crippen LogP contribution in [0.1, 0.15) is 32.1 Å². The highest BCUT2D eigenvalue weighted by Gasteiger charge is 2.16. The number of urea groups is 1. The Morgan fingerprint density at radius 3 is 2.40 bits per heavy atom. The van der Waals surface area contributed by atoms with Crippen molar-refractivity contribution in [2.45, 2.75) is 37.4 Å². The number of rotatable bonds is 8. The van der Waals surface area contributed by atoms with Crippen molar-refractivity contribution in [2.75, 3.05) is 25.3 Å². The third-order valence-electron chi connectivity index (χ3n) is 5.80. The molecule has 8 nitrogen and oxygen atoms in total. The number of imide groups is 1. The number of aromatic nitrogens is 1. The summed E-state index contributed by atoms with van der Waals surface area (Å²) in [5.74, 6) is 2.37. The first-order valence-corrected chi connectivity index (χ1v) is 12.6. The van der Waals surface area contributed by atoms with Crippen LogP contribution in [0.4, 0.5) is 10.5 Å². The van der Waals surface area contributed by atoms with Gasteiger partial charge in [0, 0.05) is 28.6 Å². The molecular weight excluding hydrogens is 466 g/mol. The van der Waals surface area contributed by atoms with Gasteiger partial charge >= 0.3 is 6.03 Å². The van der Waals surface area contributed by atoms with E-state index in [1.54, 1.807) is 68.6 Å². The number of thioether (sulfide) groups is 1. The lowest BCUT2D eigenvalue weighted by molar-refractivity contribution is -0.117. The lowest BCUT2D eigenvalue weighted by Gasteiger charge is -2.20. The molecule has 184 valence electrons. The maximum absolute atomic E-state index is 12.2. The molecule has 1 aliphatic rings. The zero-order valence-corrected chi connectivity index (χ0v) is 20.7. The van der Waals surface area contributed by atoms with E-state index >= 15 is 0 Å². The van der Waals surface area contributed by atoms with E-state index in [1.165, 1.54) is 19.3 Å². The fraction of sp³-hybridized carbons (Fsp3) is 0.346. The fourth-order valence-electron chi connectivity index (χ4n) is 4.02. The maximum Gasteiger partial charge on any atom is 0.325 e. The summed E-state index contributed by atoms with van der Waals surface area (Å²) in [4.78, 5) is 28.7. The van der Waals surface area contributed by atoms with Crippen molar-refractivity contribution in [1.29, 1.82) is 0 Å². The minimum Gasteiger partial charge on any atom is -0.493 e. The summed E-state index contributed by atoms with van der Waals surface area (Å²) in [5.41, 5.74) is 1.26. The second-order valence-corrected chi connectivity index (χ2v) is 9.52. The molecular formula is C26H29N3O5S. The van der Waals surface area contributed by atoms with Gasteiger partial charge in [-0.15, -0.1) is 11.8 Å². The predicted molar refractivity (Wildman–Crippen MR) is 138 cm³/mol. The number of nitrogens with zero attached hydrogens (tertiary/aromatic N) is 1. The lowest BCUT2D eigenvalue weighted by Crippen LogP contribution is -2.35. The van der Waals surface area contributed by atoms with Gasteiger partial charge in [0.05, 0.1) is 25.5 Å². The van der Waals surface area contributed by atoms with Crippen LogP contribution in [0, 0.1) is 0 Å². The summed E-state index contributed by atoms with van der Waals surface area (Å²) < 4.78 is 16.8. The van der Waals surface area contributed by atoms with Crippen molar-refractivity contribution < 1.29 is 23.8 Å². The molecule has 1 aromatic heterocycles. The van der Waals surface area contributed by atoms with Crippen molar-refractivity contribution in [1.82, 2.24) is 10.3 Å². The van der Waals surface area contributed by atoms with Crippen molar-refractivity contribution in [3.8, 4) is 23.0 Å². The number of hydrogen-bond acceptors (Lipinski definition) is 7.